The maximum Gasteiger partial charge on any atom is 0.325 e. The fourth-order valence-electron chi connectivity index (χ4n) is 2.05. The van der Waals surface area contributed by atoms with Gasteiger partial charge in [-0.15, -0.1) is 0 Å². The Morgan fingerprint density at radius 3 is 2.22 bits per heavy atom. The van der Waals surface area contributed by atoms with E-state index in [1.807, 2.05) is 32.5 Å². The van der Waals surface area contributed by atoms with Gasteiger partial charge in [0.15, 0.2) is 0 Å². The van der Waals surface area contributed by atoms with Crippen LogP contribution in [0.2, 0.25) is 0 Å². The molecule has 0 aromatic rings. The van der Waals surface area contributed by atoms with Crippen LogP contribution in [-0.4, -0.2) is 35.7 Å². The number of hydrogen-bond acceptors (Lipinski definition) is 4. The maximum absolute atomic E-state index is 11.9. The average Bonchev–Trinajstić information content (AvgIpc) is 2.23. The van der Waals surface area contributed by atoms with Crippen LogP contribution in [-0.2, 0) is 9.53 Å². The third-order valence-electron chi connectivity index (χ3n) is 2.65. The number of esters is 1. The smallest absolute Gasteiger partial charge is 0.325 e. The van der Waals surface area contributed by atoms with Gasteiger partial charge >= 0.3 is 5.97 Å². The Kier molecular flexibility index (Phi) is 7.95. The highest BCUT2D eigenvalue weighted by molar-refractivity contribution is 7.99. The molecule has 4 heteroatoms. The first-order valence-corrected chi connectivity index (χ1v) is 7.74. The van der Waals surface area contributed by atoms with E-state index < -0.39 is 5.54 Å². The fraction of sp³-hybridized carbons (Fsp3) is 0.929. The van der Waals surface area contributed by atoms with Crippen molar-refractivity contribution in [2.45, 2.75) is 64.8 Å². The van der Waals surface area contributed by atoms with Gasteiger partial charge in [0.05, 0.1) is 7.11 Å². The van der Waals surface area contributed by atoms with Gasteiger partial charge in [-0.2, -0.15) is 11.8 Å². The summed E-state index contributed by atoms with van der Waals surface area (Å²) in [4.78, 5) is 11.9. The van der Waals surface area contributed by atoms with E-state index in [2.05, 4.69) is 26.1 Å². The molecule has 1 N–H and O–H groups in total. The molecule has 18 heavy (non-hydrogen) atoms. The summed E-state index contributed by atoms with van der Waals surface area (Å²) >= 11 is 1.92. The summed E-state index contributed by atoms with van der Waals surface area (Å²) in [5.74, 6) is 1.63. The molecule has 0 spiro atoms. The van der Waals surface area contributed by atoms with Gasteiger partial charge in [0, 0.05) is 11.3 Å². The summed E-state index contributed by atoms with van der Waals surface area (Å²) in [5, 5.41) is 3.77. The van der Waals surface area contributed by atoms with Crippen LogP contribution in [0.25, 0.3) is 0 Å². The standard InChI is InChI=1S/C14H29NO2S/c1-10(2)9-18-12(5)8-14(6,13(16)17-7)15-11(3)4/h10-12,15H,8-9H2,1-7H3. The van der Waals surface area contributed by atoms with Crippen LogP contribution < -0.4 is 5.32 Å². The summed E-state index contributed by atoms with van der Waals surface area (Å²) in [6.45, 7) is 12.6. The molecule has 0 aliphatic rings. The molecule has 0 saturated carbocycles. The predicted octanol–water partition coefficient (Wildman–Crippen LogP) is 3.08. The van der Waals surface area contributed by atoms with Gasteiger partial charge in [0.2, 0.25) is 0 Å². The third-order valence-corrected chi connectivity index (χ3v) is 4.25. The number of ether oxygens (including phenoxy) is 1. The first-order chi connectivity index (χ1) is 8.21. The molecule has 0 aromatic heterocycles. The van der Waals surface area contributed by atoms with Crippen molar-refractivity contribution in [2.24, 2.45) is 5.92 Å². The second-order valence-corrected chi connectivity index (χ2v) is 7.34. The molecule has 108 valence electrons. The highest BCUT2D eigenvalue weighted by atomic mass is 32.2. The van der Waals surface area contributed by atoms with E-state index in [9.17, 15) is 4.79 Å². The zero-order valence-corrected chi connectivity index (χ0v) is 13.7. The molecule has 0 rings (SSSR count). The molecule has 0 radical (unpaired) electrons. The van der Waals surface area contributed by atoms with E-state index in [4.69, 9.17) is 4.74 Å². The lowest BCUT2D eigenvalue weighted by Gasteiger charge is -2.32. The number of carbonyl (C=O) groups excluding carboxylic acids is 1. The molecule has 2 atom stereocenters. The molecule has 0 fully saturated rings. The summed E-state index contributed by atoms with van der Waals surface area (Å²) in [6, 6.07) is 0.261. The Bertz CT molecular complexity index is 256. The quantitative estimate of drug-likeness (QED) is 0.691. The average molecular weight is 275 g/mol. The predicted molar refractivity (Wildman–Crippen MR) is 80.1 cm³/mol. The van der Waals surface area contributed by atoms with E-state index in [1.54, 1.807) is 0 Å². The van der Waals surface area contributed by atoms with Crippen LogP contribution >= 0.6 is 11.8 Å². The Labute approximate surface area is 116 Å². The van der Waals surface area contributed by atoms with E-state index in [0.717, 1.165) is 12.2 Å². The lowest BCUT2D eigenvalue weighted by molar-refractivity contribution is -0.148. The molecule has 0 saturated heterocycles. The Morgan fingerprint density at radius 2 is 1.83 bits per heavy atom. The number of methoxy groups -OCH3 is 1. The zero-order valence-electron chi connectivity index (χ0n) is 12.9. The minimum absolute atomic E-state index is 0.173. The summed E-state index contributed by atoms with van der Waals surface area (Å²) in [5.41, 5.74) is -0.591. The molecule has 0 aromatic carbocycles. The van der Waals surface area contributed by atoms with Crippen molar-refractivity contribution in [3.63, 3.8) is 0 Å². The van der Waals surface area contributed by atoms with E-state index >= 15 is 0 Å². The van der Waals surface area contributed by atoms with Gasteiger partial charge in [-0.3, -0.25) is 10.1 Å². The van der Waals surface area contributed by atoms with Gasteiger partial charge < -0.3 is 4.74 Å². The largest absolute Gasteiger partial charge is 0.468 e. The Hall–Kier alpha value is -0.220. The van der Waals surface area contributed by atoms with Crippen molar-refractivity contribution < 1.29 is 9.53 Å². The molecule has 0 aliphatic heterocycles. The Morgan fingerprint density at radius 1 is 1.28 bits per heavy atom. The first kappa shape index (κ1) is 17.8. The molecular weight excluding hydrogens is 246 g/mol. The van der Waals surface area contributed by atoms with Crippen LogP contribution in [0.4, 0.5) is 0 Å². The van der Waals surface area contributed by atoms with E-state index in [0.29, 0.717) is 11.2 Å². The number of thioether (sulfide) groups is 1. The highest BCUT2D eigenvalue weighted by Crippen LogP contribution is 2.25. The molecule has 0 amide bonds. The molecule has 0 aliphatic carbocycles. The molecule has 3 nitrogen and oxygen atoms in total. The number of nitrogens with one attached hydrogen (secondary N) is 1. The normalized spacial score (nSPS) is 16.7. The summed E-state index contributed by atoms with van der Waals surface area (Å²) < 4.78 is 4.93. The molecule has 2 unspecified atom stereocenters. The van der Waals surface area contributed by atoms with Crippen molar-refractivity contribution >= 4 is 17.7 Å². The Balaban J connectivity index is 4.53. The van der Waals surface area contributed by atoms with Gasteiger partial charge in [0.1, 0.15) is 5.54 Å². The third kappa shape index (κ3) is 6.64. The van der Waals surface area contributed by atoms with Crippen LogP contribution in [0.3, 0.4) is 0 Å². The van der Waals surface area contributed by atoms with Gasteiger partial charge in [-0.25, -0.2) is 0 Å². The summed E-state index contributed by atoms with van der Waals surface area (Å²) in [6.07, 6.45) is 0.787. The number of rotatable bonds is 8. The van der Waals surface area contributed by atoms with Crippen LogP contribution in [0.1, 0.15) is 48.0 Å². The summed E-state index contributed by atoms with van der Waals surface area (Å²) in [7, 11) is 1.45. The molecule has 0 bridgehead atoms. The number of carbonyl (C=O) groups is 1. The second-order valence-electron chi connectivity index (χ2n) is 5.86. The lowest BCUT2D eigenvalue weighted by Crippen LogP contribution is -2.54. The molecular formula is C14H29NO2S. The maximum atomic E-state index is 11.9. The topological polar surface area (TPSA) is 38.3 Å². The van der Waals surface area contributed by atoms with E-state index in [1.165, 1.54) is 7.11 Å². The highest BCUT2D eigenvalue weighted by Gasteiger charge is 2.36. The van der Waals surface area contributed by atoms with Gasteiger partial charge in [0.25, 0.3) is 0 Å². The van der Waals surface area contributed by atoms with Crippen LogP contribution in [0.15, 0.2) is 0 Å². The van der Waals surface area contributed by atoms with Crippen molar-refractivity contribution in [3.8, 4) is 0 Å². The van der Waals surface area contributed by atoms with Crippen molar-refractivity contribution in [2.75, 3.05) is 12.9 Å². The first-order valence-electron chi connectivity index (χ1n) is 6.69. The van der Waals surface area contributed by atoms with Crippen LogP contribution in [0.5, 0.6) is 0 Å². The minimum Gasteiger partial charge on any atom is -0.468 e. The SMILES string of the molecule is COC(=O)C(C)(CC(C)SCC(C)C)NC(C)C. The van der Waals surface area contributed by atoms with Gasteiger partial charge in [-0.05, 0) is 38.9 Å². The lowest BCUT2D eigenvalue weighted by atomic mass is 9.95. The van der Waals surface area contributed by atoms with Crippen molar-refractivity contribution in [1.29, 1.82) is 0 Å². The molecule has 0 heterocycles. The van der Waals surface area contributed by atoms with Crippen molar-refractivity contribution in [3.05, 3.63) is 0 Å². The van der Waals surface area contributed by atoms with Gasteiger partial charge in [-0.1, -0.05) is 20.8 Å². The zero-order chi connectivity index (χ0) is 14.3. The minimum atomic E-state index is -0.591. The van der Waals surface area contributed by atoms with Crippen molar-refractivity contribution in [1.82, 2.24) is 5.32 Å². The monoisotopic (exact) mass is 275 g/mol. The van der Waals surface area contributed by atoms with E-state index in [-0.39, 0.29) is 12.0 Å². The number of hydrogen-bond donors (Lipinski definition) is 1. The second kappa shape index (κ2) is 8.05. The fourth-order valence-corrected chi connectivity index (χ4v) is 3.22. The van der Waals surface area contributed by atoms with Crippen LogP contribution in [0, 0.1) is 5.92 Å².